The Labute approximate surface area is 119 Å². The summed E-state index contributed by atoms with van der Waals surface area (Å²) in [7, 11) is -3.14. The molecule has 1 aromatic rings. The maximum atomic E-state index is 11.4. The highest BCUT2D eigenvalue weighted by Gasteiger charge is 2.36. The number of hydrogen-bond acceptors (Lipinski definition) is 6. The van der Waals surface area contributed by atoms with E-state index in [1.807, 2.05) is 19.9 Å². The van der Waals surface area contributed by atoms with Crippen LogP contribution in [-0.2, 0) is 16.4 Å². The minimum absolute atomic E-state index is 0.0149. The number of aromatic nitrogens is 1. The molecule has 0 saturated carbocycles. The van der Waals surface area contributed by atoms with E-state index in [1.54, 1.807) is 12.3 Å². The van der Waals surface area contributed by atoms with Crippen LogP contribution in [0.2, 0.25) is 0 Å². The maximum Gasteiger partial charge on any atom is 0.218 e. The van der Waals surface area contributed by atoms with Crippen molar-refractivity contribution >= 4 is 9.84 Å². The first kappa shape index (κ1) is 15.2. The SMILES string of the molecule is CC(C)Oc1ncccc1CNC1CS(=O)(=O)CC1O. The van der Waals surface area contributed by atoms with E-state index in [2.05, 4.69) is 10.3 Å². The second kappa shape index (κ2) is 6.07. The van der Waals surface area contributed by atoms with Gasteiger partial charge in [0.2, 0.25) is 5.88 Å². The Morgan fingerprint density at radius 1 is 1.50 bits per heavy atom. The van der Waals surface area contributed by atoms with Crippen molar-refractivity contribution in [2.75, 3.05) is 11.5 Å². The predicted molar refractivity (Wildman–Crippen MR) is 75.3 cm³/mol. The molecule has 6 nitrogen and oxygen atoms in total. The Bertz CT molecular complexity index is 559. The van der Waals surface area contributed by atoms with Gasteiger partial charge in [-0.05, 0) is 19.9 Å². The van der Waals surface area contributed by atoms with E-state index in [0.29, 0.717) is 12.4 Å². The molecule has 1 aliphatic rings. The monoisotopic (exact) mass is 300 g/mol. The number of nitrogens with zero attached hydrogens (tertiary/aromatic N) is 1. The molecule has 0 bridgehead atoms. The van der Waals surface area contributed by atoms with Gasteiger partial charge in [-0.2, -0.15) is 0 Å². The van der Waals surface area contributed by atoms with Crippen LogP contribution in [0.1, 0.15) is 19.4 Å². The lowest BCUT2D eigenvalue weighted by Crippen LogP contribution is -2.38. The van der Waals surface area contributed by atoms with Gasteiger partial charge in [0.15, 0.2) is 9.84 Å². The maximum absolute atomic E-state index is 11.4. The molecule has 0 aliphatic carbocycles. The molecule has 0 spiro atoms. The second-order valence-corrected chi connectivity index (χ2v) is 7.42. The van der Waals surface area contributed by atoms with Gasteiger partial charge in [-0.1, -0.05) is 6.07 Å². The Morgan fingerprint density at radius 2 is 2.25 bits per heavy atom. The molecule has 0 aromatic carbocycles. The summed E-state index contributed by atoms with van der Waals surface area (Å²) in [6.07, 6.45) is 0.808. The van der Waals surface area contributed by atoms with Gasteiger partial charge >= 0.3 is 0 Å². The molecular formula is C13H20N2O4S. The molecule has 1 fully saturated rings. The second-order valence-electron chi connectivity index (χ2n) is 5.27. The van der Waals surface area contributed by atoms with E-state index in [9.17, 15) is 13.5 Å². The molecule has 2 unspecified atom stereocenters. The van der Waals surface area contributed by atoms with Crippen LogP contribution in [0.3, 0.4) is 0 Å². The number of ether oxygens (including phenoxy) is 1. The third kappa shape index (κ3) is 3.91. The van der Waals surface area contributed by atoms with Crippen LogP contribution in [0.25, 0.3) is 0 Å². The Kier molecular flexibility index (Phi) is 4.62. The van der Waals surface area contributed by atoms with Crippen LogP contribution in [0, 0.1) is 0 Å². The molecule has 20 heavy (non-hydrogen) atoms. The fraction of sp³-hybridized carbons (Fsp3) is 0.615. The van der Waals surface area contributed by atoms with Gasteiger partial charge in [-0.25, -0.2) is 13.4 Å². The van der Waals surface area contributed by atoms with Crippen molar-refractivity contribution in [3.63, 3.8) is 0 Å². The zero-order valence-corrected chi connectivity index (χ0v) is 12.4. The van der Waals surface area contributed by atoms with Crippen LogP contribution in [-0.4, -0.2) is 48.3 Å². The summed E-state index contributed by atoms with van der Waals surface area (Å²) in [5, 5.41) is 12.8. The van der Waals surface area contributed by atoms with Crippen molar-refractivity contribution in [3.05, 3.63) is 23.9 Å². The van der Waals surface area contributed by atoms with Gasteiger partial charge in [0, 0.05) is 24.3 Å². The van der Waals surface area contributed by atoms with E-state index < -0.39 is 22.0 Å². The number of aliphatic hydroxyl groups excluding tert-OH is 1. The van der Waals surface area contributed by atoms with Gasteiger partial charge < -0.3 is 15.2 Å². The topological polar surface area (TPSA) is 88.5 Å². The highest BCUT2D eigenvalue weighted by Crippen LogP contribution is 2.18. The third-order valence-electron chi connectivity index (χ3n) is 3.07. The number of hydrogen-bond donors (Lipinski definition) is 2. The minimum Gasteiger partial charge on any atom is -0.475 e. The molecular weight excluding hydrogens is 280 g/mol. The first-order valence-electron chi connectivity index (χ1n) is 6.60. The van der Waals surface area contributed by atoms with Crippen molar-refractivity contribution in [1.82, 2.24) is 10.3 Å². The van der Waals surface area contributed by atoms with Crippen molar-refractivity contribution in [2.45, 2.75) is 38.6 Å². The summed E-state index contributed by atoms with van der Waals surface area (Å²) in [4.78, 5) is 4.17. The van der Waals surface area contributed by atoms with Gasteiger partial charge in [-0.15, -0.1) is 0 Å². The minimum atomic E-state index is -3.14. The number of sulfone groups is 1. The van der Waals surface area contributed by atoms with Gasteiger partial charge in [-0.3, -0.25) is 0 Å². The van der Waals surface area contributed by atoms with Crippen molar-refractivity contribution < 1.29 is 18.3 Å². The van der Waals surface area contributed by atoms with Gasteiger partial charge in [0.1, 0.15) is 0 Å². The smallest absolute Gasteiger partial charge is 0.218 e. The van der Waals surface area contributed by atoms with Crippen molar-refractivity contribution in [2.24, 2.45) is 0 Å². The first-order valence-corrected chi connectivity index (χ1v) is 8.42. The van der Waals surface area contributed by atoms with E-state index in [-0.39, 0.29) is 17.6 Å². The zero-order valence-electron chi connectivity index (χ0n) is 11.6. The average Bonchev–Trinajstić information content (AvgIpc) is 2.60. The zero-order chi connectivity index (χ0) is 14.8. The molecule has 1 aromatic heterocycles. The summed E-state index contributed by atoms with van der Waals surface area (Å²) in [5.41, 5.74) is 0.845. The number of nitrogens with one attached hydrogen (secondary N) is 1. The lowest BCUT2D eigenvalue weighted by atomic mass is 10.2. The fourth-order valence-electron chi connectivity index (χ4n) is 2.15. The highest BCUT2D eigenvalue weighted by molar-refractivity contribution is 7.91. The van der Waals surface area contributed by atoms with Gasteiger partial charge in [0.05, 0.1) is 23.7 Å². The number of pyridine rings is 1. The molecule has 112 valence electrons. The van der Waals surface area contributed by atoms with Crippen LogP contribution in [0.15, 0.2) is 18.3 Å². The van der Waals surface area contributed by atoms with Crippen molar-refractivity contribution in [1.29, 1.82) is 0 Å². The predicted octanol–water partition coefficient (Wildman–Crippen LogP) is 0.116. The molecule has 2 rings (SSSR count). The lowest BCUT2D eigenvalue weighted by Gasteiger charge is -2.17. The Morgan fingerprint density at radius 3 is 2.85 bits per heavy atom. The van der Waals surface area contributed by atoms with Crippen LogP contribution < -0.4 is 10.1 Å². The highest BCUT2D eigenvalue weighted by atomic mass is 32.2. The van der Waals surface area contributed by atoms with E-state index in [0.717, 1.165) is 5.56 Å². The molecule has 0 radical (unpaired) electrons. The lowest BCUT2D eigenvalue weighted by molar-refractivity contribution is 0.164. The van der Waals surface area contributed by atoms with Crippen LogP contribution in [0.4, 0.5) is 0 Å². The van der Waals surface area contributed by atoms with Crippen LogP contribution >= 0.6 is 0 Å². The normalized spacial score (nSPS) is 25.0. The quantitative estimate of drug-likeness (QED) is 0.803. The van der Waals surface area contributed by atoms with Gasteiger partial charge in [0.25, 0.3) is 0 Å². The molecule has 7 heteroatoms. The summed E-state index contributed by atoms with van der Waals surface area (Å²) in [5.74, 6) is 0.326. The molecule has 2 heterocycles. The van der Waals surface area contributed by atoms with Crippen LogP contribution in [0.5, 0.6) is 5.88 Å². The average molecular weight is 300 g/mol. The summed E-state index contributed by atoms with van der Waals surface area (Å²) < 4.78 is 28.5. The standard InChI is InChI=1S/C13H20N2O4S/c1-9(2)19-13-10(4-3-5-14-13)6-15-11-7-20(17,18)8-12(11)16/h3-5,9,11-12,15-16H,6-8H2,1-2H3. The molecule has 2 N–H and O–H groups in total. The van der Waals surface area contributed by atoms with Crippen molar-refractivity contribution in [3.8, 4) is 5.88 Å². The van der Waals surface area contributed by atoms with E-state index in [4.69, 9.17) is 4.74 Å². The molecule has 0 amide bonds. The summed E-state index contributed by atoms with van der Waals surface area (Å²) in [6.45, 7) is 4.24. The molecule has 1 aliphatic heterocycles. The first-order chi connectivity index (χ1) is 9.37. The van der Waals surface area contributed by atoms with E-state index in [1.165, 1.54) is 0 Å². The Hall–Kier alpha value is -1.18. The molecule has 1 saturated heterocycles. The largest absolute Gasteiger partial charge is 0.475 e. The van der Waals surface area contributed by atoms with E-state index >= 15 is 0 Å². The summed E-state index contributed by atoms with van der Waals surface area (Å²) in [6, 6.07) is 3.23. The molecule has 2 atom stereocenters. The Balaban J connectivity index is 2.01. The number of aliphatic hydroxyl groups is 1. The fourth-order valence-corrected chi connectivity index (χ4v) is 3.93. The number of rotatable bonds is 5. The third-order valence-corrected chi connectivity index (χ3v) is 4.79. The summed E-state index contributed by atoms with van der Waals surface area (Å²) >= 11 is 0.